The van der Waals surface area contributed by atoms with Gasteiger partial charge in [0.15, 0.2) is 5.69 Å². The number of nitrogens with one attached hydrogen (secondary N) is 1. The van der Waals surface area contributed by atoms with E-state index in [1.807, 2.05) is 31.2 Å². The van der Waals surface area contributed by atoms with Gasteiger partial charge in [-0.05, 0) is 32.8 Å². The fourth-order valence-electron chi connectivity index (χ4n) is 5.05. The summed E-state index contributed by atoms with van der Waals surface area (Å²) in [7, 11) is 1.25. The smallest absolute Gasteiger partial charge is 0.359 e. The molecule has 9 heteroatoms. The number of aromatic nitrogens is 2. The first-order chi connectivity index (χ1) is 16.9. The minimum atomic E-state index is -1.19. The number of nitrogens with zero attached hydrogens (tertiary/aromatic N) is 3. The van der Waals surface area contributed by atoms with Gasteiger partial charge in [-0.3, -0.25) is 9.59 Å². The number of benzene rings is 1. The molecule has 1 atom stereocenters. The number of esters is 1. The quantitative estimate of drug-likeness (QED) is 0.480. The van der Waals surface area contributed by atoms with Gasteiger partial charge in [0, 0.05) is 11.6 Å². The number of fused-ring (bicyclic) bond motifs is 1. The summed E-state index contributed by atoms with van der Waals surface area (Å²) >= 11 is 0. The molecule has 1 aromatic carbocycles. The molecule has 2 aliphatic rings. The van der Waals surface area contributed by atoms with Crippen molar-refractivity contribution < 1.29 is 23.9 Å². The standard InChI is InChI=1S/C26H34N4O5/c1-4-35-20-14-10-9-11-18(20)15-30-23(31)22-21(24(32)34-3)27-17-29(22)16-26(30,2)25(33)28-19-12-7-5-6-8-13-19/h9-11,14,17,19H,4-8,12-13,15-16H2,1-3H3,(H,28,33). The lowest BCUT2D eigenvalue weighted by Gasteiger charge is -2.44. The summed E-state index contributed by atoms with van der Waals surface area (Å²) in [6, 6.07) is 7.56. The SMILES string of the molecule is CCOc1ccccc1CN1C(=O)c2c(C(=O)OC)ncn2CC1(C)C(=O)NC1CCCCCC1. The summed E-state index contributed by atoms with van der Waals surface area (Å²) in [4.78, 5) is 45.7. The van der Waals surface area contributed by atoms with E-state index >= 15 is 0 Å². The molecule has 1 aliphatic heterocycles. The molecule has 4 rings (SSSR count). The Morgan fingerprint density at radius 3 is 2.57 bits per heavy atom. The zero-order valence-electron chi connectivity index (χ0n) is 20.7. The molecule has 1 aromatic heterocycles. The third-order valence-electron chi connectivity index (χ3n) is 7.02. The highest BCUT2D eigenvalue weighted by Gasteiger charge is 2.49. The Kier molecular flexibility index (Phi) is 7.42. The van der Waals surface area contributed by atoms with Crippen LogP contribution in [0.1, 0.15) is 78.9 Å². The molecule has 1 saturated carbocycles. The Bertz CT molecular complexity index is 1090. The van der Waals surface area contributed by atoms with E-state index in [1.54, 1.807) is 16.4 Å². The molecular formula is C26H34N4O5. The molecule has 9 nitrogen and oxygen atoms in total. The van der Waals surface area contributed by atoms with E-state index in [-0.39, 0.29) is 36.4 Å². The van der Waals surface area contributed by atoms with E-state index in [1.165, 1.54) is 26.3 Å². The average Bonchev–Trinajstić information content (AvgIpc) is 3.10. The summed E-state index contributed by atoms with van der Waals surface area (Å²) in [5.74, 6) is -0.681. The molecule has 188 valence electrons. The van der Waals surface area contributed by atoms with Crippen LogP contribution in [0.25, 0.3) is 0 Å². The topological polar surface area (TPSA) is 103 Å². The number of ether oxygens (including phenoxy) is 2. The van der Waals surface area contributed by atoms with Crippen LogP contribution in [0.3, 0.4) is 0 Å². The first-order valence-corrected chi connectivity index (χ1v) is 12.4. The summed E-state index contributed by atoms with van der Waals surface area (Å²) in [5, 5.41) is 3.23. The predicted molar refractivity (Wildman–Crippen MR) is 129 cm³/mol. The fraction of sp³-hybridized carbons (Fsp3) is 0.538. The molecule has 2 heterocycles. The molecule has 1 fully saturated rings. The molecule has 2 aromatic rings. The predicted octanol–water partition coefficient (Wildman–Crippen LogP) is 3.32. The fourth-order valence-corrected chi connectivity index (χ4v) is 5.05. The summed E-state index contributed by atoms with van der Waals surface area (Å²) in [5.41, 5.74) is -0.329. The number of hydrogen-bond acceptors (Lipinski definition) is 6. The molecule has 1 aliphatic carbocycles. The number of carbonyl (C=O) groups is 3. The van der Waals surface area contributed by atoms with Crippen LogP contribution in [0.2, 0.25) is 0 Å². The monoisotopic (exact) mass is 482 g/mol. The number of imidazole rings is 1. The van der Waals surface area contributed by atoms with Gasteiger partial charge in [0.2, 0.25) is 5.91 Å². The third kappa shape index (κ3) is 4.90. The van der Waals surface area contributed by atoms with E-state index in [9.17, 15) is 14.4 Å². The molecule has 1 unspecified atom stereocenters. The Hall–Kier alpha value is -3.36. The van der Waals surface area contributed by atoms with Gasteiger partial charge in [-0.2, -0.15) is 0 Å². The summed E-state index contributed by atoms with van der Waals surface area (Å²) in [6.07, 6.45) is 7.83. The minimum absolute atomic E-state index is 0.0492. The average molecular weight is 483 g/mol. The molecule has 0 saturated heterocycles. The summed E-state index contributed by atoms with van der Waals surface area (Å²) in [6.45, 7) is 4.47. The van der Waals surface area contributed by atoms with Crippen LogP contribution in [0, 0.1) is 0 Å². The maximum atomic E-state index is 13.9. The number of para-hydroxylation sites is 1. The minimum Gasteiger partial charge on any atom is -0.494 e. The van der Waals surface area contributed by atoms with Crippen molar-refractivity contribution >= 4 is 17.8 Å². The first-order valence-electron chi connectivity index (χ1n) is 12.4. The molecule has 0 bridgehead atoms. The molecule has 0 radical (unpaired) electrons. The Morgan fingerprint density at radius 1 is 1.17 bits per heavy atom. The number of carbonyl (C=O) groups excluding carboxylic acids is 3. The molecule has 0 spiro atoms. The Balaban J connectivity index is 1.72. The molecular weight excluding hydrogens is 448 g/mol. The van der Waals surface area contributed by atoms with Gasteiger partial charge in [-0.1, -0.05) is 43.9 Å². The zero-order chi connectivity index (χ0) is 25.0. The highest BCUT2D eigenvalue weighted by atomic mass is 16.5. The van der Waals surface area contributed by atoms with Crippen LogP contribution < -0.4 is 10.1 Å². The number of amides is 2. The second kappa shape index (κ2) is 10.5. The van der Waals surface area contributed by atoms with Crippen LogP contribution >= 0.6 is 0 Å². The van der Waals surface area contributed by atoms with Crippen molar-refractivity contribution in [2.45, 2.75) is 77.0 Å². The van der Waals surface area contributed by atoms with E-state index in [0.29, 0.717) is 12.4 Å². The van der Waals surface area contributed by atoms with Crippen molar-refractivity contribution in [3.05, 3.63) is 47.5 Å². The lowest BCUT2D eigenvalue weighted by Crippen LogP contribution is -2.64. The van der Waals surface area contributed by atoms with Gasteiger partial charge in [0.1, 0.15) is 17.0 Å². The maximum absolute atomic E-state index is 13.9. The van der Waals surface area contributed by atoms with Crippen molar-refractivity contribution in [3.8, 4) is 5.75 Å². The van der Waals surface area contributed by atoms with Crippen LogP contribution in [0.4, 0.5) is 0 Å². The van der Waals surface area contributed by atoms with Gasteiger partial charge < -0.3 is 24.3 Å². The third-order valence-corrected chi connectivity index (χ3v) is 7.02. The normalized spacial score (nSPS) is 20.7. The van der Waals surface area contributed by atoms with Gasteiger partial charge in [-0.25, -0.2) is 9.78 Å². The second-order valence-electron chi connectivity index (χ2n) is 9.43. The Morgan fingerprint density at radius 2 is 1.89 bits per heavy atom. The van der Waals surface area contributed by atoms with E-state index in [2.05, 4.69) is 10.3 Å². The highest BCUT2D eigenvalue weighted by molar-refractivity contribution is 6.06. The van der Waals surface area contributed by atoms with Crippen LogP contribution in [0.15, 0.2) is 30.6 Å². The maximum Gasteiger partial charge on any atom is 0.359 e. The lowest BCUT2D eigenvalue weighted by molar-refractivity contribution is -0.134. The van der Waals surface area contributed by atoms with Gasteiger partial charge in [0.25, 0.3) is 5.91 Å². The van der Waals surface area contributed by atoms with Crippen molar-refractivity contribution in [2.24, 2.45) is 0 Å². The molecule has 1 N–H and O–H groups in total. The van der Waals surface area contributed by atoms with Crippen LogP contribution in [-0.2, 0) is 22.6 Å². The van der Waals surface area contributed by atoms with Crippen molar-refractivity contribution in [1.82, 2.24) is 19.8 Å². The van der Waals surface area contributed by atoms with Crippen molar-refractivity contribution in [3.63, 3.8) is 0 Å². The van der Waals surface area contributed by atoms with Crippen LogP contribution in [0.5, 0.6) is 5.75 Å². The summed E-state index contributed by atoms with van der Waals surface area (Å²) < 4.78 is 12.2. The van der Waals surface area contributed by atoms with Crippen molar-refractivity contribution in [1.29, 1.82) is 0 Å². The number of methoxy groups -OCH3 is 1. The zero-order valence-corrected chi connectivity index (χ0v) is 20.7. The number of hydrogen-bond donors (Lipinski definition) is 1. The van der Waals surface area contributed by atoms with Gasteiger partial charge in [0.05, 0.1) is 33.1 Å². The van der Waals surface area contributed by atoms with Gasteiger partial charge >= 0.3 is 5.97 Å². The van der Waals surface area contributed by atoms with Gasteiger partial charge in [-0.15, -0.1) is 0 Å². The molecule has 2 amide bonds. The number of rotatable bonds is 7. The highest BCUT2D eigenvalue weighted by Crippen LogP contribution is 2.33. The largest absolute Gasteiger partial charge is 0.494 e. The Labute approximate surface area is 205 Å². The second-order valence-corrected chi connectivity index (χ2v) is 9.43. The molecule has 35 heavy (non-hydrogen) atoms. The van der Waals surface area contributed by atoms with E-state index < -0.39 is 17.4 Å². The van der Waals surface area contributed by atoms with E-state index in [4.69, 9.17) is 9.47 Å². The van der Waals surface area contributed by atoms with Crippen molar-refractivity contribution in [2.75, 3.05) is 13.7 Å². The van der Waals surface area contributed by atoms with Crippen LogP contribution in [-0.4, -0.2) is 57.5 Å². The first kappa shape index (κ1) is 24.8. The van der Waals surface area contributed by atoms with E-state index in [0.717, 1.165) is 31.2 Å². The lowest BCUT2D eigenvalue weighted by atomic mass is 9.92.